The second-order valence-electron chi connectivity index (χ2n) is 3.75. The maximum absolute atomic E-state index is 11.9. The number of hydrogen-bond acceptors (Lipinski definition) is 6. The minimum Gasteiger partial charge on any atom is -0.258 e. The summed E-state index contributed by atoms with van der Waals surface area (Å²) in [6.45, 7) is 0. The smallest absolute Gasteiger partial charge is 0.258 e. The standard InChI is InChI=1S/C10H8BrN3O4S2/c11-9-5-12-10(19-9)13-20(17,18)6-7-1-3-8(4-2-7)14(15)16/h1-5H,6H2,(H,12,13). The molecule has 10 heteroatoms. The topological polar surface area (TPSA) is 102 Å². The number of sulfonamides is 1. The molecule has 1 heterocycles. The van der Waals surface area contributed by atoms with E-state index in [2.05, 4.69) is 25.6 Å². The van der Waals surface area contributed by atoms with E-state index >= 15 is 0 Å². The minimum atomic E-state index is -3.60. The van der Waals surface area contributed by atoms with Crippen LogP contribution >= 0.6 is 27.3 Å². The maximum atomic E-state index is 11.9. The normalized spacial score (nSPS) is 11.2. The molecule has 0 spiro atoms. The highest BCUT2D eigenvalue weighted by atomic mass is 79.9. The van der Waals surface area contributed by atoms with E-state index in [1.54, 1.807) is 0 Å². The van der Waals surface area contributed by atoms with Crippen LogP contribution in [0.3, 0.4) is 0 Å². The summed E-state index contributed by atoms with van der Waals surface area (Å²) in [6.07, 6.45) is 1.49. The number of nitrogens with one attached hydrogen (secondary N) is 1. The number of anilines is 1. The zero-order valence-electron chi connectivity index (χ0n) is 9.82. The number of benzene rings is 1. The molecule has 106 valence electrons. The molecule has 2 rings (SSSR count). The number of halogens is 1. The Kier molecular flexibility index (Phi) is 4.35. The van der Waals surface area contributed by atoms with Crippen molar-refractivity contribution >= 4 is 48.1 Å². The number of hydrogen-bond donors (Lipinski definition) is 1. The first kappa shape index (κ1) is 14.9. The summed E-state index contributed by atoms with van der Waals surface area (Å²) in [5, 5.41) is 10.8. The number of non-ortho nitro benzene ring substituents is 1. The zero-order chi connectivity index (χ0) is 14.8. The first-order chi connectivity index (χ1) is 9.35. The lowest BCUT2D eigenvalue weighted by molar-refractivity contribution is -0.384. The van der Waals surface area contributed by atoms with Gasteiger partial charge in [0.05, 0.1) is 20.7 Å². The summed E-state index contributed by atoms with van der Waals surface area (Å²) < 4.78 is 26.9. The molecule has 0 unspecified atom stereocenters. The van der Waals surface area contributed by atoms with Gasteiger partial charge in [-0.25, -0.2) is 13.4 Å². The molecule has 0 amide bonds. The average molecular weight is 378 g/mol. The fourth-order valence-electron chi connectivity index (χ4n) is 1.40. The number of thiazole rings is 1. The van der Waals surface area contributed by atoms with E-state index < -0.39 is 14.9 Å². The highest BCUT2D eigenvalue weighted by Crippen LogP contribution is 2.24. The van der Waals surface area contributed by atoms with Crippen LogP contribution in [0.5, 0.6) is 0 Å². The van der Waals surface area contributed by atoms with Crippen LogP contribution in [-0.4, -0.2) is 18.3 Å². The number of nitrogens with zero attached hydrogens (tertiary/aromatic N) is 2. The van der Waals surface area contributed by atoms with Crippen LogP contribution in [0.15, 0.2) is 34.2 Å². The molecule has 0 aliphatic heterocycles. The highest BCUT2D eigenvalue weighted by molar-refractivity contribution is 9.11. The first-order valence-electron chi connectivity index (χ1n) is 5.21. The van der Waals surface area contributed by atoms with Gasteiger partial charge in [-0.1, -0.05) is 23.5 Å². The third-order valence-corrected chi connectivity index (χ3v) is 4.96. The van der Waals surface area contributed by atoms with E-state index in [0.717, 1.165) is 11.3 Å². The van der Waals surface area contributed by atoms with E-state index in [1.807, 2.05) is 0 Å². The van der Waals surface area contributed by atoms with Gasteiger partial charge in [-0.15, -0.1) is 0 Å². The predicted molar refractivity (Wildman–Crippen MR) is 79.2 cm³/mol. The molecule has 1 N–H and O–H groups in total. The second kappa shape index (κ2) is 5.85. The van der Waals surface area contributed by atoms with Crippen molar-refractivity contribution in [1.82, 2.24) is 4.98 Å². The van der Waals surface area contributed by atoms with Crippen LogP contribution < -0.4 is 4.72 Å². The van der Waals surface area contributed by atoms with Crippen molar-refractivity contribution in [2.24, 2.45) is 0 Å². The molecule has 7 nitrogen and oxygen atoms in total. The third kappa shape index (κ3) is 3.99. The maximum Gasteiger partial charge on any atom is 0.269 e. The van der Waals surface area contributed by atoms with Gasteiger partial charge in [0.2, 0.25) is 10.0 Å². The van der Waals surface area contributed by atoms with Gasteiger partial charge in [-0.2, -0.15) is 0 Å². The lowest BCUT2D eigenvalue weighted by Gasteiger charge is -2.04. The molecular formula is C10H8BrN3O4S2. The Bertz CT molecular complexity index is 727. The lowest BCUT2D eigenvalue weighted by atomic mass is 10.2. The Hall–Kier alpha value is -1.52. The van der Waals surface area contributed by atoms with Crippen LogP contribution in [0.2, 0.25) is 0 Å². The Morgan fingerprint density at radius 2 is 2.00 bits per heavy atom. The molecule has 0 saturated carbocycles. The van der Waals surface area contributed by atoms with Gasteiger partial charge in [0.1, 0.15) is 0 Å². The number of nitro benzene ring substituents is 1. The Balaban J connectivity index is 2.09. The van der Waals surface area contributed by atoms with Crippen molar-refractivity contribution in [3.05, 3.63) is 49.9 Å². The van der Waals surface area contributed by atoms with E-state index in [1.165, 1.54) is 30.5 Å². The fourth-order valence-corrected chi connectivity index (χ4v) is 3.93. The van der Waals surface area contributed by atoms with Crippen molar-refractivity contribution in [3.63, 3.8) is 0 Å². The van der Waals surface area contributed by atoms with Crippen LogP contribution in [0.25, 0.3) is 0 Å². The quantitative estimate of drug-likeness (QED) is 0.637. The zero-order valence-corrected chi connectivity index (χ0v) is 13.0. The van der Waals surface area contributed by atoms with Gasteiger partial charge in [0, 0.05) is 12.1 Å². The Morgan fingerprint density at radius 1 is 1.35 bits per heavy atom. The minimum absolute atomic E-state index is 0.0806. The molecule has 0 bridgehead atoms. The number of aromatic nitrogens is 1. The van der Waals surface area contributed by atoms with Gasteiger partial charge in [-0.05, 0) is 21.5 Å². The largest absolute Gasteiger partial charge is 0.269 e. The Labute approximate surface area is 127 Å². The fraction of sp³-hybridized carbons (Fsp3) is 0.100. The summed E-state index contributed by atoms with van der Waals surface area (Å²) in [6, 6.07) is 5.36. The van der Waals surface area contributed by atoms with Crippen LogP contribution in [0.1, 0.15) is 5.56 Å². The van der Waals surface area contributed by atoms with E-state index in [9.17, 15) is 18.5 Å². The molecular weight excluding hydrogens is 370 g/mol. The molecule has 0 atom stereocenters. The second-order valence-corrected chi connectivity index (χ2v) is 7.89. The molecule has 0 fully saturated rings. The van der Waals surface area contributed by atoms with Crippen LogP contribution in [0, 0.1) is 10.1 Å². The number of rotatable bonds is 5. The monoisotopic (exact) mass is 377 g/mol. The first-order valence-corrected chi connectivity index (χ1v) is 8.47. The molecule has 20 heavy (non-hydrogen) atoms. The summed E-state index contributed by atoms with van der Waals surface area (Å²) in [7, 11) is -3.60. The number of nitro groups is 1. The molecule has 0 aliphatic rings. The molecule has 0 saturated heterocycles. The van der Waals surface area contributed by atoms with Crippen molar-refractivity contribution < 1.29 is 13.3 Å². The third-order valence-electron chi connectivity index (χ3n) is 2.22. The SMILES string of the molecule is O=[N+]([O-])c1ccc(CS(=O)(=O)Nc2ncc(Br)s2)cc1. The van der Waals surface area contributed by atoms with Gasteiger partial charge in [0.25, 0.3) is 5.69 Å². The van der Waals surface area contributed by atoms with Gasteiger partial charge < -0.3 is 0 Å². The summed E-state index contributed by atoms with van der Waals surface area (Å²) in [4.78, 5) is 13.8. The molecule has 0 radical (unpaired) electrons. The van der Waals surface area contributed by atoms with Crippen molar-refractivity contribution in [3.8, 4) is 0 Å². The predicted octanol–water partition coefficient (Wildman–Crippen LogP) is 2.76. The molecule has 1 aromatic heterocycles. The van der Waals surface area contributed by atoms with E-state index in [4.69, 9.17) is 0 Å². The summed E-state index contributed by atoms with van der Waals surface area (Å²) in [5.41, 5.74) is 0.377. The van der Waals surface area contributed by atoms with Crippen molar-refractivity contribution in [1.29, 1.82) is 0 Å². The highest BCUT2D eigenvalue weighted by Gasteiger charge is 2.14. The molecule has 2 aromatic rings. The molecule has 1 aromatic carbocycles. The van der Waals surface area contributed by atoms with Crippen molar-refractivity contribution in [2.75, 3.05) is 4.72 Å². The average Bonchev–Trinajstić information content (AvgIpc) is 2.73. The van der Waals surface area contributed by atoms with Gasteiger partial charge >= 0.3 is 0 Å². The van der Waals surface area contributed by atoms with Gasteiger partial charge in [0.15, 0.2) is 5.13 Å². The van der Waals surface area contributed by atoms with E-state index in [-0.39, 0.29) is 16.6 Å². The van der Waals surface area contributed by atoms with Crippen LogP contribution in [-0.2, 0) is 15.8 Å². The van der Waals surface area contributed by atoms with Crippen LogP contribution in [0.4, 0.5) is 10.8 Å². The lowest BCUT2D eigenvalue weighted by Crippen LogP contribution is -2.14. The summed E-state index contributed by atoms with van der Waals surface area (Å²) in [5.74, 6) is -0.276. The van der Waals surface area contributed by atoms with Gasteiger partial charge in [-0.3, -0.25) is 14.8 Å². The van der Waals surface area contributed by atoms with Crippen molar-refractivity contribution in [2.45, 2.75) is 5.75 Å². The Morgan fingerprint density at radius 3 is 2.50 bits per heavy atom. The molecule has 0 aliphatic carbocycles. The van der Waals surface area contributed by atoms with E-state index in [0.29, 0.717) is 9.35 Å². The summed E-state index contributed by atoms with van der Waals surface area (Å²) >= 11 is 4.34.